The minimum atomic E-state index is -1.99. The number of aliphatic carboxylic acids is 1. The number of aromatic hydroxyl groups is 1. The van der Waals surface area contributed by atoms with Crippen LogP contribution in [0.15, 0.2) is 29.3 Å². The predicted molar refractivity (Wildman–Crippen MR) is 360 cm³/mol. The summed E-state index contributed by atoms with van der Waals surface area (Å²) < 4.78 is 0. The first kappa shape index (κ1) is 86.7. The van der Waals surface area contributed by atoms with Gasteiger partial charge in [0.15, 0.2) is 5.96 Å². The van der Waals surface area contributed by atoms with Crippen molar-refractivity contribution < 1.29 is 112 Å². The molecule has 43 heteroatoms. The Balaban J connectivity index is 1.99. The summed E-state index contributed by atoms with van der Waals surface area (Å²) in [4.78, 5) is 233. The van der Waals surface area contributed by atoms with E-state index in [0.717, 1.165) is 18.7 Å². The van der Waals surface area contributed by atoms with Crippen molar-refractivity contribution in [3.8, 4) is 5.75 Å². The minimum absolute atomic E-state index is 0.00477. The van der Waals surface area contributed by atoms with E-state index in [2.05, 4.69) is 97.4 Å². The Morgan fingerprint density at radius 3 is 1.48 bits per heavy atom. The van der Waals surface area contributed by atoms with Gasteiger partial charge < -0.3 is 127 Å². The van der Waals surface area contributed by atoms with Gasteiger partial charge in [-0.25, -0.2) is 0 Å². The lowest BCUT2D eigenvalue weighted by Crippen LogP contribution is -2.61. The molecular formula is C60H93N19O23S. The first-order chi connectivity index (χ1) is 48.4. The molecule has 2 saturated heterocycles. The molecule has 2 aliphatic rings. The lowest BCUT2D eigenvalue weighted by molar-refractivity contribution is -0.144. The summed E-state index contributed by atoms with van der Waals surface area (Å²) in [6.45, 7) is 1.19. The van der Waals surface area contributed by atoms with Crippen molar-refractivity contribution in [3.63, 3.8) is 0 Å². The van der Waals surface area contributed by atoms with Crippen LogP contribution < -0.4 is 91.2 Å². The van der Waals surface area contributed by atoms with Crippen LogP contribution >= 0.6 is 12.6 Å². The Hall–Kier alpha value is -10.5. The molecule has 0 spiro atoms. The highest BCUT2D eigenvalue weighted by atomic mass is 32.1. The number of carboxylic acid groups (broad SMARTS) is 1. The number of phenolic OH excluding ortho intramolecular Hbond substituents is 1. The molecule has 2 fully saturated rings. The maximum atomic E-state index is 14.0. The monoisotopic (exact) mass is 1480 g/mol. The molecule has 0 aliphatic carbocycles. The van der Waals surface area contributed by atoms with E-state index in [4.69, 9.17) is 11.5 Å². The number of thiol groups is 1. The van der Waals surface area contributed by atoms with Crippen molar-refractivity contribution in [3.05, 3.63) is 29.8 Å². The van der Waals surface area contributed by atoms with E-state index in [1.54, 1.807) is 0 Å². The number of hydrogen-bond acceptors (Lipinski definition) is 24. The van der Waals surface area contributed by atoms with Crippen LogP contribution in [0.3, 0.4) is 0 Å². The predicted octanol–water partition coefficient (Wildman–Crippen LogP) is -12.4. The van der Waals surface area contributed by atoms with Crippen LogP contribution in [0.1, 0.15) is 79.2 Å². The summed E-state index contributed by atoms with van der Waals surface area (Å²) in [6.07, 6.45) is -3.19. The third-order valence-electron chi connectivity index (χ3n) is 15.6. The van der Waals surface area contributed by atoms with Crippen molar-refractivity contribution in [1.29, 1.82) is 0 Å². The summed E-state index contributed by atoms with van der Waals surface area (Å²) in [5.74, 6) is -20.8. The van der Waals surface area contributed by atoms with Crippen LogP contribution in [-0.4, -0.2) is 285 Å². The van der Waals surface area contributed by atoms with Crippen LogP contribution in [0.5, 0.6) is 5.75 Å². The van der Waals surface area contributed by atoms with E-state index in [-0.39, 0.29) is 56.9 Å². The first-order valence-electron chi connectivity index (χ1n) is 32.4. The molecular weight excluding hydrogens is 1390 g/mol. The highest BCUT2D eigenvalue weighted by molar-refractivity contribution is 7.80. The molecule has 1 aromatic carbocycles. The number of carbonyl (C=O) groups excluding carboxylic acids is 16. The number of aliphatic hydroxyl groups is 4. The Kier molecular flexibility index (Phi) is 35.9. The number of fused-ring (bicyclic) bond motifs is 1. The average molecular weight is 1480 g/mol. The summed E-state index contributed by atoms with van der Waals surface area (Å²) in [6, 6.07) is -16.0. The molecule has 2 heterocycles. The second-order valence-electron chi connectivity index (χ2n) is 24.2. The standard InChI is InChI=1S/C60H93N19O23S/c1-26(2)45-58(101)78-46(30(6)83)57(100)66-21-41(85)70-33(9-7-15-63-60(61)62)50(93)64-19-42(86)71-35(18-44(88)89)53(96)76-38(24-82)59(102)79-16-8-10-40(79)56(99)69-27(3)47(90)67-28(4)48(91)74-37(23-81)54(97)75-36(22-80)51(94)65-20-43(87)72-39(25-103)55(98)73-34(17-31-11-13-32(84)14-12-31)52(95)68-29(5)49(92)77-45/h11-14,26-30,33-40,45-46,80-84,103H,7-10,15-25H2,1-6H3,(H,64,93)(H,65,94)(H,66,100)(H,67,90)(H,68,95)(H,69,99)(H,70,85)(H,71,86)(H,72,87)(H,73,98)(H,74,91)(H,75,97)(H,76,96)(H,77,92)(H,78,101)(H,88,89)(H4,61,62,63)/t27-,28-,29-,30+,33-,34-,35-,36-,37-,38-,39-,40-,45-,46-/m0/s1. The van der Waals surface area contributed by atoms with Crippen molar-refractivity contribution in [2.24, 2.45) is 22.4 Å². The molecule has 0 aromatic heterocycles. The van der Waals surface area contributed by atoms with Gasteiger partial charge in [0.2, 0.25) is 94.5 Å². The van der Waals surface area contributed by atoms with E-state index in [1.165, 1.54) is 52.0 Å². The molecule has 16 amide bonds. The largest absolute Gasteiger partial charge is 0.508 e. The number of amides is 16. The molecule has 14 atom stereocenters. The van der Waals surface area contributed by atoms with Crippen molar-refractivity contribution in [2.45, 2.75) is 165 Å². The zero-order chi connectivity index (χ0) is 77.5. The number of carboxylic acids is 1. The third kappa shape index (κ3) is 28.8. The van der Waals surface area contributed by atoms with E-state index >= 15 is 0 Å². The van der Waals surface area contributed by atoms with Crippen LogP contribution in [0.2, 0.25) is 0 Å². The van der Waals surface area contributed by atoms with Crippen molar-refractivity contribution >= 4 is 119 Å². The Labute approximate surface area is 594 Å². The van der Waals surface area contributed by atoms with Gasteiger partial charge >= 0.3 is 5.97 Å². The van der Waals surface area contributed by atoms with Gasteiger partial charge in [-0.2, -0.15) is 12.6 Å². The lowest BCUT2D eigenvalue weighted by Gasteiger charge is -2.29. The molecule has 103 heavy (non-hydrogen) atoms. The highest BCUT2D eigenvalue weighted by Gasteiger charge is 2.41. The lowest BCUT2D eigenvalue weighted by atomic mass is 10.0. The number of phenols is 1. The molecule has 2 aliphatic heterocycles. The van der Waals surface area contributed by atoms with Gasteiger partial charge in [-0.1, -0.05) is 26.0 Å². The SMILES string of the molecule is CC(C)[C@@H]1NC(=O)[C@H](C)NC(=O)[C@H](Cc2ccc(O)cc2)NC(=O)[C@H](CS)NC(=O)CNC(=O)[C@H](CO)NC(=O)[C@H](CO)NC(=O)[C@H](C)NC(=O)[C@H](C)NC(=O)[C@@H]2CCCN2C(=O)[C@H](CO)NC(=O)[C@H](CC(=O)O)NC(=O)CNC(=O)[C@H](CCCN=C(N)N)NC(=O)CNC(=O)[C@H]([C@@H](C)O)NC1=O. The molecule has 0 bridgehead atoms. The fourth-order valence-corrected chi connectivity index (χ4v) is 10.1. The maximum Gasteiger partial charge on any atom is 0.305 e. The molecule has 1 aromatic rings. The van der Waals surface area contributed by atoms with Gasteiger partial charge in [0.25, 0.3) is 0 Å². The fourth-order valence-electron chi connectivity index (χ4n) is 9.83. The van der Waals surface area contributed by atoms with Gasteiger partial charge in [-0.3, -0.25) is 86.5 Å². The third-order valence-corrected chi connectivity index (χ3v) is 15.9. The number of rotatable bonds is 14. The van der Waals surface area contributed by atoms with Crippen molar-refractivity contribution in [2.75, 3.05) is 58.3 Å². The Morgan fingerprint density at radius 1 is 0.524 bits per heavy atom. The number of aliphatic imine (C=N–C) groups is 1. The quantitative estimate of drug-likeness (QED) is 0.0356. The van der Waals surface area contributed by atoms with E-state index in [1.807, 2.05) is 0 Å². The maximum absolute atomic E-state index is 14.0. The summed E-state index contributed by atoms with van der Waals surface area (Å²) >= 11 is 4.15. The van der Waals surface area contributed by atoms with Gasteiger partial charge in [0, 0.05) is 25.3 Å². The number of nitrogens with two attached hydrogens (primary N) is 2. The number of nitrogens with zero attached hydrogens (tertiary/aromatic N) is 2. The number of benzene rings is 1. The molecule has 3 rings (SSSR count). The van der Waals surface area contributed by atoms with Gasteiger partial charge in [-0.15, -0.1) is 0 Å². The normalized spacial score (nSPS) is 27.0. The van der Waals surface area contributed by atoms with E-state index in [9.17, 15) is 112 Å². The molecule has 0 unspecified atom stereocenters. The van der Waals surface area contributed by atoms with Crippen LogP contribution in [-0.2, 0) is 87.9 Å². The van der Waals surface area contributed by atoms with Gasteiger partial charge in [-0.05, 0) is 77.0 Å². The molecule has 572 valence electrons. The summed E-state index contributed by atoms with van der Waals surface area (Å²) in [7, 11) is 0. The summed E-state index contributed by atoms with van der Waals surface area (Å²) in [5, 5.41) is 94.7. The Bertz CT molecular complexity index is 3270. The number of hydrogen-bond donors (Lipinski definition) is 24. The number of carbonyl (C=O) groups is 17. The van der Waals surface area contributed by atoms with E-state index < -0.39 is 243 Å². The zero-order valence-electron chi connectivity index (χ0n) is 57.2. The molecule has 0 saturated carbocycles. The molecule has 42 nitrogen and oxygen atoms in total. The number of nitrogens with one attached hydrogen (secondary N) is 15. The topological polar surface area (TPSA) is 660 Å². The summed E-state index contributed by atoms with van der Waals surface area (Å²) in [5.41, 5.74) is 11.2. The first-order valence-corrected chi connectivity index (χ1v) is 33.0. The van der Waals surface area contributed by atoms with Crippen molar-refractivity contribution in [1.82, 2.24) is 84.7 Å². The number of guanidine groups is 1. The molecule has 0 radical (unpaired) electrons. The average Bonchev–Trinajstić information content (AvgIpc) is 1.75. The molecule has 25 N–H and O–H groups in total. The van der Waals surface area contributed by atoms with Gasteiger partial charge in [0.05, 0.1) is 52.0 Å². The second-order valence-corrected chi connectivity index (χ2v) is 24.6. The highest BCUT2D eigenvalue weighted by Crippen LogP contribution is 2.20. The minimum Gasteiger partial charge on any atom is -0.508 e. The smallest absolute Gasteiger partial charge is 0.305 e. The zero-order valence-corrected chi connectivity index (χ0v) is 58.1. The van der Waals surface area contributed by atoms with Gasteiger partial charge in [0.1, 0.15) is 84.3 Å². The Morgan fingerprint density at radius 2 is 0.951 bits per heavy atom. The van der Waals surface area contributed by atoms with Crippen LogP contribution in [0, 0.1) is 5.92 Å². The fraction of sp³-hybridized carbons (Fsp3) is 0.600. The number of aliphatic hydroxyl groups excluding tert-OH is 4. The van der Waals surface area contributed by atoms with Crippen LogP contribution in [0.25, 0.3) is 0 Å². The van der Waals surface area contributed by atoms with Crippen LogP contribution in [0.4, 0.5) is 0 Å². The van der Waals surface area contributed by atoms with E-state index in [0.29, 0.717) is 5.56 Å². The second kappa shape index (κ2) is 42.7.